The number of anilines is 1. The van der Waals surface area contributed by atoms with E-state index >= 15 is 0 Å². The van der Waals surface area contributed by atoms with Crippen LogP contribution in [0.5, 0.6) is 0 Å². The van der Waals surface area contributed by atoms with Gasteiger partial charge in [0, 0.05) is 81.4 Å². The summed E-state index contributed by atoms with van der Waals surface area (Å²) in [5, 5.41) is 22.4. The quantitative estimate of drug-likeness (QED) is 0.215. The van der Waals surface area contributed by atoms with Crippen molar-refractivity contribution >= 4 is 63.1 Å². The molecular weight excluding hydrogens is 746 g/mol. The molecular formula is C35H47BrClN7O7. The number of nitrogens with one attached hydrogen (secondary N) is 1. The maximum atomic E-state index is 13.9. The molecule has 3 N–H and O–H groups in total. The molecule has 4 rings (SSSR count). The van der Waals surface area contributed by atoms with E-state index in [1.807, 2.05) is 46.0 Å². The molecule has 0 radical (unpaired) electrons. The van der Waals surface area contributed by atoms with Crippen molar-refractivity contribution in [2.45, 2.75) is 31.7 Å². The Balaban J connectivity index is 1.36. The van der Waals surface area contributed by atoms with Crippen LogP contribution in [0.3, 0.4) is 0 Å². The summed E-state index contributed by atoms with van der Waals surface area (Å²) in [7, 11) is 1.88. The maximum absolute atomic E-state index is 13.9. The van der Waals surface area contributed by atoms with Crippen LogP contribution in [0.2, 0.25) is 5.02 Å². The fraction of sp³-hybridized carbons (Fsp3) is 0.514. The second kappa shape index (κ2) is 18.6. The molecule has 0 bridgehead atoms. The van der Waals surface area contributed by atoms with Gasteiger partial charge < -0.3 is 30.2 Å². The molecule has 2 saturated heterocycles. The predicted molar refractivity (Wildman–Crippen MR) is 197 cm³/mol. The van der Waals surface area contributed by atoms with Gasteiger partial charge >= 0.3 is 18.1 Å². The summed E-state index contributed by atoms with van der Waals surface area (Å²) in [6, 6.07) is 13.9. The Labute approximate surface area is 312 Å². The van der Waals surface area contributed by atoms with Crippen molar-refractivity contribution in [1.82, 2.24) is 29.8 Å². The van der Waals surface area contributed by atoms with E-state index in [1.54, 1.807) is 36.1 Å². The number of carbonyl (C=O) groups excluding carboxylic acids is 3. The van der Waals surface area contributed by atoms with Crippen molar-refractivity contribution in [2.75, 3.05) is 90.5 Å². The molecule has 5 amide bonds. The molecule has 2 aromatic carbocycles. The lowest BCUT2D eigenvalue weighted by molar-refractivity contribution is -0.138. The largest absolute Gasteiger partial charge is 0.480 e. The molecule has 278 valence electrons. The zero-order chi connectivity index (χ0) is 37.1. The van der Waals surface area contributed by atoms with Gasteiger partial charge in [-0.15, -0.1) is 0 Å². The average molecular weight is 793 g/mol. The van der Waals surface area contributed by atoms with Crippen LogP contribution in [-0.2, 0) is 20.8 Å². The molecule has 2 heterocycles. The highest BCUT2D eigenvalue weighted by molar-refractivity contribution is 9.10. The number of carboxylic acid groups (broad SMARTS) is 2. The number of carbonyl (C=O) groups is 5. The first-order chi connectivity index (χ1) is 24.3. The third kappa shape index (κ3) is 11.4. The SMILES string of the molecule is CN1CCN(CC(=O)O)CCN(CC(=O)NCCCCN2C(=O)N(c3cccc(Cl)c3)C(=O)[C@]2(C)Cc2ccc(Br)cc2)CCN(C(=O)O)CC1. The monoisotopic (exact) mass is 791 g/mol. The van der Waals surface area contributed by atoms with E-state index in [-0.39, 0.29) is 38.0 Å². The van der Waals surface area contributed by atoms with Gasteiger partial charge in [0.2, 0.25) is 5.91 Å². The van der Waals surface area contributed by atoms with Gasteiger partial charge in [-0.05, 0) is 62.7 Å². The smallest absolute Gasteiger partial charge is 0.407 e. The van der Waals surface area contributed by atoms with Crippen LogP contribution in [0.4, 0.5) is 15.3 Å². The minimum Gasteiger partial charge on any atom is -0.480 e. The molecule has 2 fully saturated rings. The number of halogens is 2. The van der Waals surface area contributed by atoms with Gasteiger partial charge in [-0.1, -0.05) is 45.7 Å². The summed E-state index contributed by atoms with van der Waals surface area (Å²) in [4.78, 5) is 73.9. The van der Waals surface area contributed by atoms with Crippen LogP contribution in [0.25, 0.3) is 0 Å². The number of urea groups is 1. The second-order valence-electron chi connectivity index (χ2n) is 13.2. The summed E-state index contributed by atoms with van der Waals surface area (Å²) in [6.07, 6.45) is 0.351. The zero-order valence-electron chi connectivity index (χ0n) is 29.1. The van der Waals surface area contributed by atoms with Crippen LogP contribution < -0.4 is 10.2 Å². The van der Waals surface area contributed by atoms with Gasteiger partial charge in [-0.25, -0.2) is 14.5 Å². The number of aliphatic carboxylic acids is 1. The molecule has 1 atom stereocenters. The summed E-state index contributed by atoms with van der Waals surface area (Å²) in [5.41, 5.74) is 0.158. The number of benzene rings is 2. The van der Waals surface area contributed by atoms with Gasteiger partial charge in [0.25, 0.3) is 5.91 Å². The molecule has 0 unspecified atom stereocenters. The standard InChI is InChI=1S/C35H47BrClN7O7/c1-35(23-26-8-10-27(36)11-9-26)32(48)44(29-7-5-6-28(37)22-29)33(49)43(35)13-4-3-12-38-30(45)24-40-17-18-41(25-31(46)47)16-14-39(2)15-20-42(21-19-40)34(50)51/h5-11,22H,3-4,12-21,23-25H2,1-2H3,(H,38,45)(H,46,47)(H,50,51)/t35-/m0/s1. The van der Waals surface area contributed by atoms with Crippen LogP contribution in [0.15, 0.2) is 53.0 Å². The summed E-state index contributed by atoms with van der Waals surface area (Å²) in [6.45, 7) is 5.52. The van der Waals surface area contributed by atoms with Crippen LogP contribution in [-0.4, -0.2) is 156 Å². The molecule has 0 aromatic heterocycles. The van der Waals surface area contributed by atoms with E-state index in [0.717, 1.165) is 10.0 Å². The highest BCUT2D eigenvalue weighted by atomic mass is 79.9. The number of unbranched alkanes of at least 4 members (excludes halogenated alkanes) is 1. The molecule has 14 nitrogen and oxygen atoms in total. The fourth-order valence-electron chi connectivity index (χ4n) is 6.31. The Morgan fingerprint density at radius 3 is 2.18 bits per heavy atom. The number of carboxylic acids is 1. The van der Waals surface area contributed by atoms with Gasteiger partial charge in [-0.2, -0.15) is 0 Å². The average Bonchev–Trinajstić information content (AvgIpc) is 3.25. The third-order valence-electron chi connectivity index (χ3n) is 9.31. The highest BCUT2D eigenvalue weighted by Gasteiger charge is 2.54. The molecule has 2 aliphatic heterocycles. The molecule has 2 aromatic rings. The summed E-state index contributed by atoms with van der Waals surface area (Å²) >= 11 is 9.66. The number of hydrogen-bond acceptors (Lipinski definition) is 8. The van der Waals surface area contributed by atoms with Gasteiger partial charge in [0.1, 0.15) is 5.54 Å². The Morgan fingerprint density at radius 2 is 1.51 bits per heavy atom. The topological polar surface area (TPSA) is 157 Å². The minimum absolute atomic E-state index is 0.0211. The van der Waals surface area contributed by atoms with Crippen LogP contribution in [0, 0.1) is 0 Å². The first kappa shape index (κ1) is 40.0. The van der Waals surface area contributed by atoms with Crippen molar-refractivity contribution in [3.05, 3.63) is 63.6 Å². The van der Waals surface area contributed by atoms with Crippen LogP contribution >= 0.6 is 27.5 Å². The molecule has 0 spiro atoms. The predicted octanol–water partition coefficient (Wildman–Crippen LogP) is 3.38. The number of imide groups is 1. The van der Waals surface area contributed by atoms with Crippen molar-refractivity contribution in [3.8, 4) is 0 Å². The molecule has 16 heteroatoms. The normalized spacial score (nSPS) is 20.3. The van der Waals surface area contributed by atoms with Crippen molar-refractivity contribution < 1.29 is 34.2 Å². The van der Waals surface area contributed by atoms with E-state index in [9.17, 15) is 34.2 Å². The van der Waals surface area contributed by atoms with E-state index in [0.29, 0.717) is 82.3 Å². The number of rotatable bonds is 12. The lowest BCUT2D eigenvalue weighted by Gasteiger charge is -2.32. The lowest BCUT2D eigenvalue weighted by atomic mass is 9.91. The first-order valence-corrected chi connectivity index (χ1v) is 18.2. The Morgan fingerprint density at radius 1 is 0.882 bits per heavy atom. The van der Waals surface area contributed by atoms with Gasteiger partial charge in [-0.3, -0.25) is 24.2 Å². The Kier molecular flexibility index (Phi) is 14.6. The first-order valence-electron chi connectivity index (χ1n) is 17.0. The number of hydrogen-bond donors (Lipinski definition) is 3. The van der Waals surface area contributed by atoms with E-state index in [4.69, 9.17) is 11.6 Å². The number of likely N-dealkylation sites (N-methyl/N-ethyl adjacent to an activating group) is 1. The zero-order valence-corrected chi connectivity index (χ0v) is 31.4. The molecule has 51 heavy (non-hydrogen) atoms. The van der Waals surface area contributed by atoms with E-state index < -0.39 is 23.6 Å². The molecule has 2 aliphatic rings. The minimum atomic E-state index is -1.15. The Bertz CT molecular complexity index is 1550. The number of amides is 5. The molecule has 0 aliphatic carbocycles. The highest BCUT2D eigenvalue weighted by Crippen LogP contribution is 2.36. The van der Waals surface area contributed by atoms with Gasteiger partial charge in [0.05, 0.1) is 18.8 Å². The third-order valence-corrected chi connectivity index (χ3v) is 10.1. The van der Waals surface area contributed by atoms with E-state index in [1.165, 1.54) is 9.80 Å². The second-order valence-corrected chi connectivity index (χ2v) is 14.6. The molecule has 0 saturated carbocycles. The van der Waals surface area contributed by atoms with Gasteiger partial charge in [0.15, 0.2) is 0 Å². The van der Waals surface area contributed by atoms with E-state index in [2.05, 4.69) is 21.2 Å². The summed E-state index contributed by atoms with van der Waals surface area (Å²) in [5.74, 6) is -1.52. The van der Waals surface area contributed by atoms with Crippen LogP contribution in [0.1, 0.15) is 25.3 Å². The van der Waals surface area contributed by atoms with Crippen molar-refractivity contribution in [2.24, 2.45) is 0 Å². The lowest BCUT2D eigenvalue weighted by Crippen LogP contribution is -2.49. The Hall–Kier alpha value is -3.76. The fourth-order valence-corrected chi connectivity index (χ4v) is 6.76. The summed E-state index contributed by atoms with van der Waals surface area (Å²) < 4.78 is 0.906. The van der Waals surface area contributed by atoms with Crippen molar-refractivity contribution in [3.63, 3.8) is 0 Å². The maximum Gasteiger partial charge on any atom is 0.407 e. The number of nitrogens with zero attached hydrogens (tertiary/aromatic N) is 6. The van der Waals surface area contributed by atoms with Crippen molar-refractivity contribution in [1.29, 1.82) is 0 Å².